The Morgan fingerprint density at radius 3 is 3.00 bits per heavy atom. The fourth-order valence-corrected chi connectivity index (χ4v) is 2.58. The number of nitrogens with zero attached hydrogens (tertiary/aromatic N) is 1. The normalized spacial score (nSPS) is 13.7. The maximum atomic E-state index is 5.79. The monoisotopic (exact) mass is 218 g/mol. The molecule has 1 aromatic carbocycles. The van der Waals surface area contributed by atoms with E-state index in [-0.39, 0.29) is 6.04 Å². The lowest BCUT2D eigenvalue weighted by Crippen LogP contribution is -2.03. The van der Waals surface area contributed by atoms with Crippen LogP contribution in [0.1, 0.15) is 18.0 Å². The van der Waals surface area contributed by atoms with E-state index in [1.165, 1.54) is 0 Å². The van der Waals surface area contributed by atoms with Gasteiger partial charge in [-0.3, -0.25) is 0 Å². The Bertz CT molecular complexity index is 624. The zero-order chi connectivity index (χ0) is 10.4. The zero-order valence-corrected chi connectivity index (χ0v) is 9.04. The van der Waals surface area contributed by atoms with E-state index in [4.69, 9.17) is 10.2 Å². The number of hydrogen-bond acceptors (Lipinski definition) is 4. The number of benzene rings is 1. The fourth-order valence-electron chi connectivity index (χ4n) is 1.60. The molecule has 76 valence electrons. The molecule has 3 nitrogen and oxygen atoms in total. The minimum atomic E-state index is -0.0311. The predicted molar refractivity (Wildman–Crippen MR) is 62.0 cm³/mol. The summed E-state index contributed by atoms with van der Waals surface area (Å²) in [5.41, 5.74) is 7.38. The van der Waals surface area contributed by atoms with E-state index in [0.717, 1.165) is 20.7 Å². The molecule has 3 aromatic rings. The van der Waals surface area contributed by atoms with Gasteiger partial charge in [-0.15, -0.1) is 11.3 Å². The number of thiazole rings is 1. The topological polar surface area (TPSA) is 52.0 Å². The summed E-state index contributed by atoms with van der Waals surface area (Å²) in [6, 6.07) is 7.93. The summed E-state index contributed by atoms with van der Waals surface area (Å²) in [7, 11) is 0. The first-order valence-corrected chi connectivity index (χ1v) is 5.61. The van der Waals surface area contributed by atoms with Crippen molar-refractivity contribution in [3.63, 3.8) is 0 Å². The minimum absolute atomic E-state index is 0.0311. The molecule has 0 saturated carbocycles. The lowest BCUT2D eigenvalue weighted by atomic mass is 10.3. The van der Waals surface area contributed by atoms with Crippen molar-refractivity contribution in [3.05, 3.63) is 29.3 Å². The highest BCUT2D eigenvalue weighted by molar-refractivity contribution is 7.19. The number of rotatable bonds is 1. The van der Waals surface area contributed by atoms with Crippen LogP contribution in [-0.2, 0) is 0 Å². The van der Waals surface area contributed by atoms with Crippen LogP contribution < -0.4 is 5.73 Å². The van der Waals surface area contributed by atoms with Gasteiger partial charge in [0.1, 0.15) is 15.3 Å². The van der Waals surface area contributed by atoms with Gasteiger partial charge in [0, 0.05) is 5.39 Å². The molecule has 4 heteroatoms. The highest BCUT2D eigenvalue weighted by atomic mass is 32.1. The molecule has 2 N–H and O–H groups in total. The Hall–Kier alpha value is -1.39. The first-order chi connectivity index (χ1) is 7.25. The van der Waals surface area contributed by atoms with Crippen LogP contribution in [0.15, 0.2) is 28.7 Å². The molecule has 0 radical (unpaired) electrons. The summed E-state index contributed by atoms with van der Waals surface area (Å²) in [5, 5.41) is 2.05. The second-order valence-corrected chi connectivity index (χ2v) is 4.60. The molecule has 2 aromatic heterocycles. The van der Waals surface area contributed by atoms with Gasteiger partial charge in [0.2, 0.25) is 5.71 Å². The molecular formula is C11H10N2OS. The highest BCUT2D eigenvalue weighted by Gasteiger charge is 2.13. The van der Waals surface area contributed by atoms with Gasteiger partial charge < -0.3 is 10.2 Å². The fraction of sp³-hybridized carbons (Fsp3) is 0.182. The third-order valence-corrected chi connectivity index (χ3v) is 3.61. The van der Waals surface area contributed by atoms with Crippen LogP contribution in [-0.4, -0.2) is 4.98 Å². The van der Waals surface area contributed by atoms with Gasteiger partial charge in [0.15, 0.2) is 0 Å². The van der Waals surface area contributed by atoms with E-state index >= 15 is 0 Å². The Morgan fingerprint density at radius 1 is 1.40 bits per heavy atom. The second kappa shape index (κ2) is 3.05. The van der Waals surface area contributed by atoms with Crippen molar-refractivity contribution in [1.82, 2.24) is 4.98 Å². The van der Waals surface area contributed by atoms with E-state index in [2.05, 4.69) is 4.98 Å². The number of nitrogens with two attached hydrogens (primary N) is 1. The quantitative estimate of drug-likeness (QED) is 0.683. The number of para-hydroxylation sites is 1. The van der Waals surface area contributed by atoms with Gasteiger partial charge in [-0.2, -0.15) is 0 Å². The summed E-state index contributed by atoms with van der Waals surface area (Å²) < 4.78 is 6.72. The molecule has 3 rings (SSSR count). The molecule has 1 atom stereocenters. The van der Waals surface area contributed by atoms with Crippen LogP contribution in [0, 0.1) is 0 Å². The van der Waals surface area contributed by atoms with Crippen molar-refractivity contribution >= 4 is 32.7 Å². The van der Waals surface area contributed by atoms with E-state index in [9.17, 15) is 0 Å². The average molecular weight is 218 g/mol. The summed E-state index contributed by atoms with van der Waals surface area (Å²) in [6.07, 6.45) is 0. The van der Waals surface area contributed by atoms with Gasteiger partial charge in [0.25, 0.3) is 0 Å². The molecule has 0 spiro atoms. The zero-order valence-electron chi connectivity index (χ0n) is 8.23. The molecule has 0 aliphatic carbocycles. The van der Waals surface area contributed by atoms with Crippen molar-refractivity contribution < 1.29 is 4.42 Å². The first-order valence-electron chi connectivity index (χ1n) is 4.79. The standard InChI is InChI=1S/C11H10N2OS/c1-6(12)11-13-10-9(15-11)7-4-2-3-5-8(7)14-10/h2-6H,12H2,1H3. The van der Waals surface area contributed by atoms with E-state index in [1.807, 2.05) is 31.2 Å². The van der Waals surface area contributed by atoms with E-state index in [0.29, 0.717) is 5.71 Å². The second-order valence-electron chi connectivity index (χ2n) is 3.57. The molecular weight excluding hydrogens is 208 g/mol. The van der Waals surface area contributed by atoms with Crippen LogP contribution in [0.4, 0.5) is 0 Å². The summed E-state index contributed by atoms with van der Waals surface area (Å²) in [4.78, 5) is 4.38. The maximum Gasteiger partial charge on any atom is 0.238 e. The van der Waals surface area contributed by atoms with Gasteiger partial charge in [-0.25, -0.2) is 4.98 Å². The number of aromatic nitrogens is 1. The maximum absolute atomic E-state index is 5.79. The van der Waals surface area contributed by atoms with Crippen molar-refractivity contribution in [2.45, 2.75) is 13.0 Å². The summed E-state index contributed by atoms with van der Waals surface area (Å²) >= 11 is 1.61. The van der Waals surface area contributed by atoms with Crippen LogP contribution in [0.5, 0.6) is 0 Å². The average Bonchev–Trinajstić information content (AvgIpc) is 2.73. The van der Waals surface area contributed by atoms with Crippen LogP contribution in [0.25, 0.3) is 21.4 Å². The van der Waals surface area contributed by atoms with Crippen molar-refractivity contribution in [1.29, 1.82) is 0 Å². The predicted octanol–water partition coefficient (Wildman–Crippen LogP) is 3.06. The van der Waals surface area contributed by atoms with E-state index < -0.39 is 0 Å². The molecule has 0 amide bonds. The van der Waals surface area contributed by atoms with Gasteiger partial charge in [0.05, 0.1) is 6.04 Å². The van der Waals surface area contributed by atoms with Crippen molar-refractivity contribution in [2.24, 2.45) is 5.73 Å². The summed E-state index contributed by atoms with van der Waals surface area (Å²) in [5.74, 6) is 0. The Labute approximate surface area is 90.5 Å². The molecule has 0 fully saturated rings. The van der Waals surface area contributed by atoms with Crippen molar-refractivity contribution in [2.75, 3.05) is 0 Å². The van der Waals surface area contributed by atoms with E-state index in [1.54, 1.807) is 11.3 Å². The number of furan rings is 1. The van der Waals surface area contributed by atoms with Crippen LogP contribution in [0.3, 0.4) is 0 Å². The van der Waals surface area contributed by atoms with Gasteiger partial charge in [-0.1, -0.05) is 12.1 Å². The SMILES string of the molecule is CC(N)c1nc2oc3ccccc3c2s1. The number of fused-ring (bicyclic) bond motifs is 3. The molecule has 1 unspecified atom stereocenters. The first kappa shape index (κ1) is 8.88. The third kappa shape index (κ3) is 1.26. The lowest BCUT2D eigenvalue weighted by molar-refractivity contribution is 0.650. The molecule has 0 aliphatic heterocycles. The Balaban J connectivity index is 2.37. The number of hydrogen-bond donors (Lipinski definition) is 1. The molecule has 0 saturated heterocycles. The van der Waals surface area contributed by atoms with Crippen LogP contribution >= 0.6 is 11.3 Å². The Kier molecular flexibility index (Phi) is 1.81. The van der Waals surface area contributed by atoms with Crippen molar-refractivity contribution in [3.8, 4) is 0 Å². The summed E-state index contributed by atoms with van der Waals surface area (Å²) in [6.45, 7) is 1.93. The Morgan fingerprint density at radius 2 is 2.20 bits per heavy atom. The highest BCUT2D eigenvalue weighted by Crippen LogP contribution is 2.34. The van der Waals surface area contributed by atoms with Gasteiger partial charge in [-0.05, 0) is 19.1 Å². The molecule has 0 bridgehead atoms. The smallest absolute Gasteiger partial charge is 0.238 e. The third-order valence-electron chi connectivity index (χ3n) is 2.34. The molecule has 15 heavy (non-hydrogen) atoms. The minimum Gasteiger partial charge on any atom is -0.437 e. The van der Waals surface area contributed by atoms with Crippen LogP contribution in [0.2, 0.25) is 0 Å². The largest absolute Gasteiger partial charge is 0.437 e. The molecule has 2 heterocycles. The molecule has 0 aliphatic rings. The van der Waals surface area contributed by atoms with Gasteiger partial charge >= 0.3 is 0 Å². The lowest BCUT2D eigenvalue weighted by Gasteiger charge is -1.95.